The fourth-order valence-corrected chi connectivity index (χ4v) is 3.75. The predicted molar refractivity (Wildman–Crippen MR) is 123 cm³/mol. The van der Waals surface area contributed by atoms with Crippen LogP contribution in [-0.2, 0) is 27.1 Å². The zero-order chi connectivity index (χ0) is 22.1. The van der Waals surface area contributed by atoms with Gasteiger partial charge in [0.05, 0.1) is 23.7 Å². The number of methoxy groups -OCH3 is 1. The van der Waals surface area contributed by atoms with E-state index in [1.54, 1.807) is 30.8 Å². The summed E-state index contributed by atoms with van der Waals surface area (Å²) in [5.74, 6) is 1.22. The minimum Gasteiger partial charge on any atom is -0.380 e. The number of imidazole rings is 1. The molecule has 0 radical (unpaired) electrons. The van der Waals surface area contributed by atoms with Gasteiger partial charge in [-0.25, -0.2) is 14.2 Å². The van der Waals surface area contributed by atoms with E-state index >= 15 is 0 Å². The van der Waals surface area contributed by atoms with Gasteiger partial charge in [0, 0.05) is 32.4 Å². The maximum Gasteiger partial charge on any atom is 0.228 e. The third kappa shape index (κ3) is 4.70. The first-order valence-corrected chi connectivity index (χ1v) is 11.5. The van der Waals surface area contributed by atoms with E-state index in [2.05, 4.69) is 25.6 Å². The van der Waals surface area contributed by atoms with E-state index in [1.165, 1.54) is 0 Å². The number of nitrogens with zero attached hydrogens (tertiary/aromatic N) is 3. The maximum absolute atomic E-state index is 12.3. The van der Waals surface area contributed by atoms with Crippen LogP contribution < -0.4 is 14.9 Å². The number of amides is 1. The van der Waals surface area contributed by atoms with Crippen LogP contribution in [0.3, 0.4) is 0 Å². The second kappa shape index (κ2) is 8.64. The molecule has 3 aromatic rings. The predicted octanol–water partition coefficient (Wildman–Crippen LogP) is 3.23. The van der Waals surface area contributed by atoms with Crippen LogP contribution in [0.2, 0.25) is 0 Å². The zero-order valence-corrected chi connectivity index (χ0v) is 18.8. The smallest absolute Gasteiger partial charge is 0.228 e. The Morgan fingerprint density at radius 1 is 1.29 bits per heavy atom. The molecule has 1 saturated carbocycles. The number of nitrogens with one attached hydrogen (secondary N) is 3. The molecule has 1 aliphatic carbocycles. The fourth-order valence-electron chi connectivity index (χ4n) is 3.32. The molecule has 31 heavy (non-hydrogen) atoms. The van der Waals surface area contributed by atoms with Crippen molar-refractivity contribution in [1.82, 2.24) is 15.0 Å². The third-order valence-corrected chi connectivity index (χ3v) is 6.11. The number of hydrogen-bond acceptors (Lipinski definition) is 6. The summed E-state index contributed by atoms with van der Waals surface area (Å²) in [6, 6.07) is 7.61. The molecule has 0 spiro atoms. The normalized spacial score (nSPS) is 14.5. The molecular weight excluding hydrogens is 416 g/mol. The van der Waals surface area contributed by atoms with Crippen LogP contribution in [-0.4, -0.2) is 45.5 Å². The second-order valence-electron chi connectivity index (χ2n) is 7.67. The number of fused-ring (bicyclic) bond motifs is 1. The van der Waals surface area contributed by atoms with Crippen LogP contribution in [0.1, 0.15) is 24.2 Å². The number of carbonyl (C=O) groups excluding carboxylic acids is 1. The highest BCUT2D eigenvalue weighted by Gasteiger charge is 2.30. The van der Waals surface area contributed by atoms with Gasteiger partial charge in [-0.3, -0.25) is 9.10 Å². The lowest BCUT2D eigenvalue weighted by Crippen LogP contribution is -2.20. The first kappa shape index (κ1) is 21.3. The average Bonchev–Trinajstić information content (AvgIpc) is 3.50. The van der Waals surface area contributed by atoms with Crippen LogP contribution in [0.25, 0.3) is 11.2 Å². The number of aromatic nitrogens is 3. The number of anilines is 4. The molecule has 0 saturated heterocycles. The fraction of sp³-hybridized carbons (Fsp3) is 0.381. The van der Waals surface area contributed by atoms with E-state index in [9.17, 15) is 9.00 Å². The van der Waals surface area contributed by atoms with Crippen molar-refractivity contribution in [2.24, 2.45) is 5.92 Å². The number of benzene rings is 1. The molecule has 1 aliphatic rings. The molecule has 1 unspecified atom stereocenters. The Bertz CT molecular complexity index is 1160. The van der Waals surface area contributed by atoms with Crippen molar-refractivity contribution in [3.63, 3.8) is 0 Å². The molecule has 2 aromatic heterocycles. The minimum atomic E-state index is -1.21. The summed E-state index contributed by atoms with van der Waals surface area (Å²) in [5, 5.41) is 6.31. The molecular formula is C21H26N6O3S. The summed E-state index contributed by atoms with van der Waals surface area (Å²) in [7, 11) is 2.20. The molecule has 1 aromatic carbocycles. The van der Waals surface area contributed by atoms with Crippen LogP contribution in [0.15, 0.2) is 24.3 Å². The number of H-pyrrole nitrogens is 1. The molecule has 3 N–H and O–H groups in total. The van der Waals surface area contributed by atoms with Crippen LogP contribution in [0.4, 0.5) is 22.9 Å². The summed E-state index contributed by atoms with van der Waals surface area (Å²) in [4.78, 5) is 24.4. The van der Waals surface area contributed by atoms with Crippen molar-refractivity contribution < 1.29 is 13.7 Å². The van der Waals surface area contributed by atoms with Crippen molar-refractivity contribution in [2.75, 3.05) is 35.4 Å². The molecule has 1 amide bonds. The lowest BCUT2D eigenvalue weighted by molar-refractivity contribution is -0.117. The molecule has 10 heteroatoms. The van der Waals surface area contributed by atoms with E-state index in [-0.39, 0.29) is 11.8 Å². The van der Waals surface area contributed by atoms with Crippen LogP contribution in [0.5, 0.6) is 0 Å². The van der Waals surface area contributed by atoms with Crippen molar-refractivity contribution in [3.8, 4) is 0 Å². The molecule has 164 valence electrons. The van der Waals surface area contributed by atoms with Gasteiger partial charge in [-0.1, -0.05) is 6.07 Å². The summed E-state index contributed by atoms with van der Waals surface area (Å²) in [6.07, 6.45) is 3.46. The largest absolute Gasteiger partial charge is 0.380 e. The topological polar surface area (TPSA) is 112 Å². The van der Waals surface area contributed by atoms with Gasteiger partial charge >= 0.3 is 0 Å². The van der Waals surface area contributed by atoms with Gasteiger partial charge in [0.2, 0.25) is 5.91 Å². The molecule has 0 bridgehead atoms. The van der Waals surface area contributed by atoms with Gasteiger partial charge < -0.3 is 20.4 Å². The lowest BCUT2D eigenvalue weighted by Gasteiger charge is -2.21. The number of carbonyl (C=O) groups is 1. The Kier molecular flexibility index (Phi) is 5.92. The first-order chi connectivity index (χ1) is 14.9. The van der Waals surface area contributed by atoms with E-state index < -0.39 is 11.0 Å². The Morgan fingerprint density at radius 3 is 2.74 bits per heavy atom. The molecule has 9 nitrogen and oxygen atoms in total. The quantitative estimate of drug-likeness (QED) is 0.494. The monoisotopic (exact) mass is 442 g/mol. The molecule has 0 aliphatic heterocycles. The van der Waals surface area contributed by atoms with E-state index in [0.29, 0.717) is 23.8 Å². The van der Waals surface area contributed by atoms with Gasteiger partial charge in [0.25, 0.3) is 0 Å². The van der Waals surface area contributed by atoms with Gasteiger partial charge in [-0.15, -0.1) is 0 Å². The minimum absolute atomic E-state index is 0.0178. The standard InChI is InChI=1S/C21H26N6O3S/c1-12-22-19-16(10-18(25-20(19)23-12)26-21(28)14-6-7-14)24-15-8-5-13(11-30-3)9-17(15)27(2)31(4)29/h5,8-10,14H,6-7,11H2,1-4H3,(H3,22,23,24,25,26,28). The van der Waals surface area contributed by atoms with Crippen molar-refractivity contribution >= 4 is 50.9 Å². The van der Waals surface area contributed by atoms with Crippen molar-refractivity contribution in [3.05, 3.63) is 35.7 Å². The SMILES string of the molecule is COCc1ccc(Nc2cc(NC(=O)C3CC3)nc3nc(C)[nH]c23)c(N(C)S(C)=O)c1. The van der Waals surface area contributed by atoms with E-state index in [0.717, 1.165) is 41.1 Å². The summed E-state index contributed by atoms with van der Waals surface area (Å²) >= 11 is 0. The highest BCUT2D eigenvalue weighted by atomic mass is 32.2. The Morgan fingerprint density at radius 2 is 2.06 bits per heavy atom. The lowest BCUT2D eigenvalue weighted by atomic mass is 10.1. The van der Waals surface area contributed by atoms with Gasteiger partial charge in [-0.05, 0) is 37.5 Å². The van der Waals surface area contributed by atoms with E-state index in [1.807, 2.05) is 25.1 Å². The summed E-state index contributed by atoms with van der Waals surface area (Å²) in [5.41, 5.74) is 4.45. The average molecular weight is 443 g/mol. The number of aromatic amines is 1. The first-order valence-electron chi connectivity index (χ1n) is 10.00. The third-order valence-electron chi connectivity index (χ3n) is 5.15. The molecule has 1 fully saturated rings. The highest BCUT2D eigenvalue weighted by Crippen LogP contribution is 2.34. The van der Waals surface area contributed by atoms with Gasteiger partial charge in [-0.2, -0.15) is 0 Å². The number of ether oxygens (including phenoxy) is 1. The molecule has 4 rings (SSSR count). The van der Waals surface area contributed by atoms with Crippen molar-refractivity contribution in [2.45, 2.75) is 26.4 Å². The Labute approximate surface area is 183 Å². The zero-order valence-electron chi connectivity index (χ0n) is 18.0. The van der Waals surface area contributed by atoms with Gasteiger partial charge in [0.15, 0.2) is 5.65 Å². The summed E-state index contributed by atoms with van der Waals surface area (Å²) in [6.45, 7) is 2.31. The number of hydrogen-bond donors (Lipinski definition) is 3. The maximum atomic E-state index is 12.3. The van der Waals surface area contributed by atoms with Crippen molar-refractivity contribution in [1.29, 1.82) is 0 Å². The number of aryl methyl sites for hydroxylation is 1. The molecule has 2 heterocycles. The number of pyridine rings is 1. The highest BCUT2D eigenvalue weighted by molar-refractivity contribution is 7.85. The molecule has 1 atom stereocenters. The second-order valence-corrected chi connectivity index (χ2v) is 9.07. The Balaban J connectivity index is 1.74. The van der Waals surface area contributed by atoms with Crippen LogP contribution in [0, 0.1) is 12.8 Å². The Hall–Kier alpha value is -2.98. The summed E-state index contributed by atoms with van der Waals surface area (Å²) < 4.78 is 19.1. The van der Waals surface area contributed by atoms with Gasteiger partial charge in [0.1, 0.15) is 28.1 Å². The van der Waals surface area contributed by atoms with E-state index in [4.69, 9.17) is 4.74 Å². The van der Waals surface area contributed by atoms with Crippen LogP contribution >= 0.6 is 0 Å². The number of rotatable bonds is 8.